The third-order valence-electron chi connectivity index (χ3n) is 5.29. The largest absolute Gasteiger partial charge is 0.381 e. The Balaban J connectivity index is 1.59. The van der Waals surface area contributed by atoms with Gasteiger partial charge in [-0.05, 0) is 25.7 Å². The highest BCUT2D eigenvalue weighted by Crippen LogP contribution is 2.23. The van der Waals surface area contributed by atoms with Crippen LogP contribution in [0, 0.1) is 0 Å². The Morgan fingerprint density at radius 3 is 2.85 bits per heavy atom. The molecule has 3 heterocycles. The van der Waals surface area contributed by atoms with E-state index < -0.39 is 0 Å². The standard InChI is InChI=1S/C18H28N4O3S/c1-14(23)21-7-2-3-16(11-21)22(15-4-9-25-10-5-15)8-6-19-18(24)17-12-26-13-20-17/h12-13,15-16H,2-11H2,1H3,(H,19,24). The van der Waals surface area contributed by atoms with Crippen molar-refractivity contribution in [2.24, 2.45) is 0 Å². The highest BCUT2D eigenvalue weighted by Gasteiger charge is 2.31. The van der Waals surface area contributed by atoms with Gasteiger partial charge in [-0.3, -0.25) is 14.5 Å². The van der Waals surface area contributed by atoms with Crippen molar-refractivity contribution in [3.63, 3.8) is 0 Å². The molecule has 2 saturated heterocycles. The van der Waals surface area contributed by atoms with Crippen molar-refractivity contribution in [3.05, 3.63) is 16.6 Å². The predicted octanol–water partition coefficient (Wildman–Crippen LogP) is 1.36. The van der Waals surface area contributed by atoms with E-state index in [0.29, 0.717) is 24.3 Å². The molecule has 26 heavy (non-hydrogen) atoms. The lowest BCUT2D eigenvalue weighted by Gasteiger charge is -2.44. The van der Waals surface area contributed by atoms with E-state index in [0.717, 1.165) is 58.5 Å². The minimum Gasteiger partial charge on any atom is -0.381 e. The van der Waals surface area contributed by atoms with E-state index in [1.807, 2.05) is 4.90 Å². The first-order valence-corrected chi connectivity index (χ1v) is 10.3. The first kappa shape index (κ1) is 19.3. The molecule has 1 N–H and O–H groups in total. The molecule has 0 radical (unpaired) electrons. The Morgan fingerprint density at radius 1 is 1.35 bits per heavy atom. The summed E-state index contributed by atoms with van der Waals surface area (Å²) in [5, 5.41) is 4.74. The van der Waals surface area contributed by atoms with E-state index in [2.05, 4.69) is 15.2 Å². The summed E-state index contributed by atoms with van der Waals surface area (Å²) < 4.78 is 5.52. The molecule has 3 rings (SSSR count). The maximum Gasteiger partial charge on any atom is 0.270 e. The third-order valence-corrected chi connectivity index (χ3v) is 5.88. The van der Waals surface area contributed by atoms with Gasteiger partial charge in [-0.15, -0.1) is 11.3 Å². The van der Waals surface area contributed by atoms with Crippen LogP contribution < -0.4 is 5.32 Å². The fraction of sp³-hybridized carbons (Fsp3) is 0.722. The Bertz CT molecular complexity index is 589. The maximum atomic E-state index is 12.1. The third kappa shape index (κ3) is 5.02. The Kier molecular flexibility index (Phi) is 6.99. The molecule has 1 atom stereocenters. The summed E-state index contributed by atoms with van der Waals surface area (Å²) >= 11 is 1.42. The minimum atomic E-state index is -0.118. The fourth-order valence-electron chi connectivity index (χ4n) is 3.91. The van der Waals surface area contributed by atoms with Gasteiger partial charge in [0.25, 0.3) is 5.91 Å². The van der Waals surface area contributed by atoms with Crippen LogP contribution in [0.15, 0.2) is 10.9 Å². The van der Waals surface area contributed by atoms with Crippen molar-refractivity contribution >= 4 is 23.2 Å². The van der Waals surface area contributed by atoms with Gasteiger partial charge in [-0.1, -0.05) is 0 Å². The molecule has 1 unspecified atom stereocenters. The molecule has 8 heteroatoms. The number of rotatable bonds is 6. The number of aromatic nitrogens is 1. The van der Waals surface area contributed by atoms with Gasteiger partial charge in [0.1, 0.15) is 5.69 Å². The SMILES string of the molecule is CC(=O)N1CCCC(N(CCNC(=O)c2cscn2)C2CCOCC2)C1. The second kappa shape index (κ2) is 9.43. The molecule has 2 fully saturated rings. The number of thiazole rings is 1. The second-order valence-electron chi connectivity index (χ2n) is 6.97. The molecule has 7 nitrogen and oxygen atoms in total. The predicted molar refractivity (Wildman–Crippen MR) is 100 cm³/mol. The topological polar surface area (TPSA) is 74.8 Å². The molecule has 2 aliphatic rings. The van der Waals surface area contributed by atoms with Crippen LogP contribution in [0.4, 0.5) is 0 Å². The van der Waals surface area contributed by atoms with Crippen molar-refractivity contribution < 1.29 is 14.3 Å². The molecular weight excluding hydrogens is 352 g/mol. The van der Waals surface area contributed by atoms with Crippen LogP contribution in [0.2, 0.25) is 0 Å². The highest BCUT2D eigenvalue weighted by molar-refractivity contribution is 7.07. The molecule has 2 aliphatic heterocycles. The number of ether oxygens (including phenoxy) is 1. The van der Waals surface area contributed by atoms with Crippen LogP contribution >= 0.6 is 11.3 Å². The van der Waals surface area contributed by atoms with Crippen molar-refractivity contribution in [3.8, 4) is 0 Å². The van der Waals surface area contributed by atoms with E-state index in [1.54, 1.807) is 17.8 Å². The molecule has 1 aromatic rings. The summed E-state index contributed by atoms with van der Waals surface area (Å²) in [5.41, 5.74) is 2.15. The van der Waals surface area contributed by atoms with Gasteiger partial charge in [0.2, 0.25) is 5.91 Å². The van der Waals surface area contributed by atoms with E-state index in [-0.39, 0.29) is 11.8 Å². The monoisotopic (exact) mass is 380 g/mol. The van der Waals surface area contributed by atoms with E-state index >= 15 is 0 Å². The van der Waals surface area contributed by atoms with Gasteiger partial charge >= 0.3 is 0 Å². The first-order valence-electron chi connectivity index (χ1n) is 9.40. The number of hydrogen-bond donors (Lipinski definition) is 1. The van der Waals surface area contributed by atoms with Crippen molar-refractivity contribution in [2.45, 2.75) is 44.7 Å². The van der Waals surface area contributed by atoms with Crippen LogP contribution in [0.1, 0.15) is 43.1 Å². The van der Waals surface area contributed by atoms with Gasteiger partial charge in [-0.25, -0.2) is 4.98 Å². The summed E-state index contributed by atoms with van der Waals surface area (Å²) in [5.74, 6) is 0.0330. The minimum absolute atomic E-state index is 0.118. The number of hydrogen-bond acceptors (Lipinski definition) is 6. The summed E-state index contributed by atoms with van der Waals surface area (Å²) in [7, 11) is 0. The lowest BCUT2D eigenvalue weighted by atomic mass is 9.98. The van der Waals surface area contributed by atoms with Crippen molar-refractivity contribution in [2.75, 3.05) is 39.4 Å². The van der Waals surface area contributed by atoms with Gasteiger partial charge in [0.15, 0.2) is 0 Å². The quantitative estimate of drug-likeness (QED) is 0.807. The number of carbonyl (C=O) groups is 2. The zero-order chi connectivity index (χ0) is 18.4. The molecular formula is C18H28N4O3S. The van der Waals surface area contributed by atoms with E-state index in [9.17, 15) is 9.59 Å². The number of piperidine rings is 1. The lowest BCUT2D eigenvalue weighted by molar-refractivity contribution is -0.131. The smallest absolute Gasteiger partial charge is 0.270 e. The Labute approximate surface area is 158 Å². The summed E-state index contributed by atoms with van der Waals surface area (Å²) in [6.07, 6.45) is 4.16. The van der Waals surface area contributed by atoms with Crippen LogP contribution in [0.5, 0.6) is 0 Å². The number of likely N-dealkylation sites (tertiary alicyclic amines) is 1. The van der Waals surface area contributed by atoms with Crippen LogP contribution in [-0.2, 0) is 9.53 Å². The molecule has 144 valence electrons. The molecule has 0 aliphatic carbocycles. The summed E-state index contributed by atoms with van der Waals surface area (Å²) in [6.45, 7) is 6.24. The molecule has 2 amide bonds. The number of nitrogens with zero attached hydrogens (tertiary/aromatic N) is 3. The zero-order valence-corrected chi connectivity index (χ0v) is 16.2. The van der Waals surface area contributed by atoms with Crippen LogP contribution in [0.25, 0.3) is 0 Å². The Morgan fingerprint density at radius 2 is 2.15 bits per heavy atom. The van der Waals surface area contributed by atoms with Gasteiger partial charge in [-0.2, -0.15) is 0 Å². The van der Waals surface area contributed by atoms with Crippen molar-refractivity contribution in [1.29, 1.82) is 0 Å². The Hall–Kier alpha value is -1.51. The second-order valence-corrected chi connectivity index (χ2v) is 7.69. The highest BCUT2D eigenvalue weighted by atomic mass is 32.1. The molecule has 0 spiro atoms. The molecule has 0 saturated carbocycles. The number of carbonyl (C=O) groups excluding carboxylic acids is 2. The molecule has 0 bridgehead atoms. The van der Waals surface area contributed by atoms with Crippen LogP contribution in [0.3, 0.4) is 0 Å². The zero-order valence-electron chi connectivity index (χ0n) is 15.4. The van der Waals surface area contributed by atoms with Gasteiger partial charge in [0.05, 0.1) is 5.51 Å². The first-order chi connectivity index (χ1) is 12.6. The molecule has 1 aromatic heterocycles. The maximum absolute atomic E-state index is 12.1. The fourth-order valence-corrected chi connectivity index (χ4v) is 4.44. The van der Waals surface area contributed by atoms with Crippen LogP contribution in [-0.4, -0.2) is 78.1 Å². The molecule has 0 aromatic carbocycles. The number of amides is 2. The normalized spacial score (nSPS) is 21.8. The van der Waals surface area contributed by atoms with Gasteiger partial charge < -0.3 is 15.0 Å². The summed E-state index contributed by atoms with van der Waals surface area (Å²) in [6, 6.07) is 0.809. The average molecular weight is 381 g/mol. The van der Waals surface area contributed by atoms with Crippen molar-refractivity contribution in [1.82, 2.24) is 20.1 Å². The van der Waals surface area contributed by atoms with E-state index in [1.165, 1.54) is 11.3 Å². The number of nitrogens with one attached hydrogen (secondary N) is 1. The average Bonchev–Trinajstić information content (AvgIpc) is 3.21. The van der Waals surface area contributed by atoms with Gasteiger partial charge in [0, 0.05) is 63.8 Å². The summed E-state index contributed by atoms with van der Waals surface area (Å²) in [4.78, 5) is 32.4. The lowest BCUT2D eigenvalue weighted by Crippen LogP contribution is -2.55. The van der Waals surface area contributed by atoms with E-state index in [4.69, 9.17) is 4.74 Å².